The molecule has 3 aromatic rings. The quantitative estimate of drug-likeness (QED) is 0.731. The summed E-state index contributed by atoms with van der Waals surface area (Å²) in [7, 11) is 0. The number of carbonyl (C=O) groups is 1. The molecule has 0 unspecified atom stereocenters. The number of rotatable bonds is 5. The second-order valence-electron chi connectivity index (χ2n) is 7.12. The highest BCUT2D eigenvalue weighted by atomic mass is 16.5. The van der Waals surface area contributed by atoms with Crippen LogP contribution in [0, 0.1) is 0 Å². The molecule has 1 aliphatic heterocycles. The molecule has 0 radical (unpaired) electrons. The number of carboxylic acid groups (broad SMARTS) is 1. The SMILES string of the molecule is CCc1cc(N2CCC(Oc3ccc4ccccc4c3)(C(=O)O)CC2)ncn1. The first-order valence-electron chi connectivity index (χ1n) is 9.57. The van der Waals surface area contributed by atoms with Crippen molar-refractivity contribution in [3.8, 4) is 5.75 Å². The smallest absolute Gasteiger partial charge is 0.348 e. The molecule has 6 nitrogen and oxygen atoms in total. The molecule has 1 fully saturated rings. The maximum absolute atomic E-state index is 12.1. The monoisotopic (exact) mass is 377 g/mol. The minimum atomic E-state index is -1.22. The molecule has 0 aliphatic carbocycles. The number of fused-ring (bicyclic) bond motifs is 1. The van der Waals surface area contributed by atoms with E-state index < -0.39 is 11.6 Å². The van der Waals surface area contributed by atoms with E-state index in [1.165, 1.54) is 0 Å². The summed E-state index contributed by atoms with van der Waals surface area (Å²) >= 11 is 0. The van der Waals surface area contributed by atoms with Crippen molar-refractivity contribution < 1.29 is 14.6 Å². The van der Waals surface area contributed by atoms with Crippen molar-refractivity contribution in [1.82, 2.24) is 9.97 Å². The molecule has 2 heterocycles. The van der Waals surface area contributed by atoms with Gasteiger partial charge in [0.05, 0.1) is 0 Å². The van der Waals surface area contributed by atoms with Gasteiger partial charge >= 0.3 is 5.97 Å². The number of aromatic nitrogens is 2. The predicted molar refractivity (Wildman–Crippen MR) is 108 cm³/mol. The van der Waals surface area contributed by atoms with Gasteiger partial charge < -0.3 is 14.7 Å². The zero-order chi connectivity index (χ0) is 19.6. The minimum absolute atomic E-state index is 0.390. The number of aliphatic carboxylic acids is 1. The van der Waals surface area contributed by atoms with Gasteiger partial charge in [0.1, 0.15) is 17.9 Å². The zero-order valence-corrected chi connectivity index (χ0v) is 15.8. The molecule has 2 aromatic carbocycles. The van der Waals surface area contributed by atoms with Crippen molar-refractivity contribution in [3.63, 3.8) is 0 Å². The Labute approximate surface area is 163 Å². The van der Waals surface area contributed by atoms with Crippen molar-refractivity contribution in [2.24, 2.45) is 0 Å². The number of hydrogen-bond donors (Lipinski definition) is 1. The largest absolute Gasteiger partial charge is 0.478 e. The van der Waals surface area contributed by atoms with Crippen molar-refractivity contribution >= 4 is 22.6 Å². The Bertz CT molecular complexity index is 997. The van der Waals surface area contributed by atoms with Crippen LogP contribution in [0.15, 0.2) is 54.9 Å². The van der Waals surface area contributed by atoms with Crippen molar-refractivity contribution in [1.29, 1.82) is 0 Å². The van der Waals surface area contributed by atoms with Crippen LogP contribution in [0.3, 0.4) is 0 Å². The van der Waals surface area contributed by atoms with Gasteiger partial charge in [-0.3, -0.25) is 0 Å². The van der Waals surface area contributed by atoms with Gasteiger partial charge in [0.15, 0.2) is 0 Å². The third kappa shape index (κ3) is 3.50. The topological polar surface area (TPSA) is 75.5 Å². The highest BCUT2D eigenvalue weighted by molar-refractivity contribution is 5.84. The normalized spacial score (nSPS) is 16.1. The van der Waals surface area contributed by atoms with E-state index in [4.69, 9.17) is 4.74 Å². The maximum atomic E-state index is 12.1. The number of anilines is 1. The second kappa shape index (κ2) is 7.46. The van der Waals surface area contributed by atoms with Gasteiger partial charge in [-0.15, -0.1) is 0 Å². The molecule has 1 aromatic heterocycles. The number of piperidine rings is 1. The molecule has 1 aliphatic rings. The molecule has 0 saturated carbocycles. The maximum Gasteiger partial charge on any atom is 0.348 e. The Balaban J connectivity index is 1.53. The van der Waals surface area contributed by atoms with Gasteiger partial charge in [-0.25, -0.2) is 14.8 Å². The fourth-order valence-electron chi connectivity index (χ4n) is 3.67. The van der Waals surface area contributed by atoms with E-state index in [-0.39, 0.29) is 0 Å². The average Bonchev–Trinajstić information content (AvgIpc) is 2.74. The number of aryl methyl sites for hydroxylation is 1. The van der Waals surface area contributed by atoms with Crippen LogP contribution < -0.4 is 9.64 Å². The lowest BCUT2D eigenvalue weighted by atomic mass is 9.91. The predicted octanol–water partition coefficient (Wildman–Crippen LogP) is 3.69. The number of carboxylic acids is 1. The molecule has 1 N–H and O–H groups in total. The molecule has 0 bridgehead atoms. The molecule has 4 rings (SSSR count). The zero-order valence-electron chi connectivity index (χ0n) is 15.8. The fraction of sp³-hybridized carbons (Fsp3) is 0.318. The lowest BCUT2D eigenvalue weighted by Crippen LogP contribution is -2.53. The van der Waals surface area contributed by atoms with Gasteiger partial charge in [-0.05, 0) is 29.3 Å². The van der Waals surface area contributed by atoms with E-state index in [2.05, 4.69) is 21.8 Å². The summed E-state index contributed by atoms with van der Waals surface area (Å²) in [6.07, 6.45) is 3.19. The van der Waals surface area contributed by atoms with Crippen molar-refractivity contribution in [2.75, 3.05) is 18.0 Å². The molecule has 6 heteroatoms. The van der Waals surface area contributed by atoms with Crippen LogP contribution in [0.1, 0.15) is 25.5 Å². The van der Waals surface area contributed by atoms with E-state index in [1.54, 1.807) is 6.33 Å². The molecule has 0 spiro atoms. The van der Waals surface area contributed by atoms with Crippen molar-refractivity contribution in [2.45, 2.75) is 31.8 Å². The summed E-state index contributed by atoms with van der Waals surface area (Å²) in [6.45, 7) is 3.19. The van der Waals surface area contributed by atoms with Gasteiger partial charge in [0.2, 0.25) is 5.60 Å². The summed E-state index contributed by atoms with van der Waals surface area (Å²) < 4.78 is 6.08. The number of benzene rings is 2. The van der Waals surface area contributed by atoms with Crippen LogP contribution in [-0.4, -0.2) is 39.7 Å². The van der Waals surface area contributed by atoms with Crippen LogP contribution in [0.25, 0.3) is 10.8 Å². The standard InChI is InChI=1S/C22H23N3O3/c1-2-18-14-20(24-15-23-18)25-11-9-22(10-12-25,21(26)27)28-19-8-7-16-5-3-4-6-17(16)13-19/h3-8,13-15H,2,9-12H2,1H3,(H,26,27). The van der Waals surface area contributed by atoms with Gasteiger partial charge in [0.25, 0.3) is 0 Å². The number of ether oxygens (including phenoxy) is 1. The summed E-state index contributed by atoms with van der Waals surface area (Å²) in [4.78, 5) is 22.8. The van der Waals surface area contributed by atoms with E-state index in [9.17, 15) is 9.90 Å². The third-order valence-corrected chi connectivity index (χ3v) is 5.39. The highest BCUT2D eigenvalue weighted by Gasteiger charge is 2.44. The van der Waals surface area contributed by atoms with Gasteiger partial charge in [-0.2, -0.15) is 0 Å². The average molecular weight is 377 g/mol. The molecule has 28 heavy (non-hydrogen) atoms. The van der Waals surface area contributed by atoms with Crippen molar-refractivity contribution in [3.05, 3.63) is 60.6 Å². The van der Waals surface area contributed by atoms with E-state index in [0.717, 1.165) is 28.7 Å². The van der Waals surface area contributed by atoms with E-state index in [1.807, 2.05) is 48.5 Å². The Morgan fingerprint density at radius 3 is 2.57 bits per heavy atom. The van der Waals surface area contributed by atoms with Crippen LogP contribution in [-0.2, 0) is 11.2 Å². The molecule has 144 valence electrons. The molecule has 0 atom stereocenters. The van der Waals surface area contributed by atoms with Crippen LogP contribution >= 0.6 is 0 Å². The van der Waals surface area contributed by atoms with Gasteiger partial charge in [0, 0.05) is 37.7 Å². The lowest BCUT2D eigenvalue weighted by molar-refractivity contribution is -0.157. The fourth-order valence-corrected chi connectivity index (χ4v) is 3.67. The minimum Gasteiger partial charge on any atom is -0.478 e. The summed E-state index contributed by atoms with van der Waals surface area (Å²) in [5.74, 6) is 0.513. The Morgan fingerprint density at radius 2 is 1.86 bits per heavy atom. The molecule has 0 amide bonds. The summed E-state index contributed by atoms with van der Waals surface area (Å²) in [5, 5.41) is 12.1. The molecule has 1 saturated heterocycles. The Kier molecular flexibility index (Phi) is 4.86. The summed E-state index contributed by atoms with van der Waals surface area (Å²) in [5.41, 5.74) is -0.243. The lowest BCUT2D eigenvalue weighted by Gasteiger charge is -2.39. The first kappa shape index (κ1) is 18.2. The van der Waals surface area contributed by atoms with Crippen LogP contribution in [0.2, 0.25) is 0 Å². The first-order chi connectivity index (χ1) is 13.6. The molecular weight excluding hydrogens is 354 g/mol. The van der Waals surface area contributed by atoms with Crippen LogP contribution in [0.5, 0.6) is 5.75 Å². The highest BCUT2D eigenvalue weighted by Crippen LogP contribution is 2.32. The third-order valence-electron chi connectivity index (χ3n) is 5.39. The van der Waals surface area contributed by atoms with Gasteiger partial charge in [-0.1, -0.05) is 37.3 Å². The Morgan fingerprint density at radius 1 is 1.11 bits per heavy atom. The van der Waals surface area contributed by atoms with E-state index >= 15 is 0 Å². The Hall–Kier alpha value is -3.15. The first-order valence-corrected chi connectivity index (χ1v) is 9.57. The number of nitrogens with zero attached hydrogens (tertiary/aromatic N) is 3. The summed E-state index contributed by atoms with van der Waals surface area (Å²) in [6, 6.07) is 15.6. The van der Waals surface area contributed by atoms with Crippen LogP contribution in [0.4, 0.5) is 5.82 Å². The second-order valence-corrected chi connectivity index (χ2v) is 7.12. The molecular formula is C22H23N3O3. The number of hydrogen-bond acceptors (Lipinski definition) is 5. The van der Waals surface area contributed by atoms with E-state index in [0.29, 0.717) is 31.7 Å².